The van der Waals surface area contributed by atoms with Crippen LogP contribution in [-0.4, -0.2) is 23.0 Å². The molecule has 25 heavy (non-hydrogen) atoms. The van der Waals surface area contributed by atoms with Gasteiger partial charge in [0.25, 0.3) is 0 Å². The van der Waals surface area contributed by atoms with Crippen molar-refractivity contribution in [1.82, 2.24) is 9.78 Å². The van der Waals surface area contributed by atoms with E-state index in [1.54, 1.807) is 4.68 Å². The molecule has 2 heterocycles. The van der Waals surface area contributed by atoms with Gasteiger partial charge in [0.15, 0.2) is 5.82 Å². The van der Waals surface area contributed by atoms with Crippen molar-refractivity contribution in [2.45, 2.75) is 39.2 Å². The second kappa shape index (κ2) is 6.56. The maximum Gasteiger partial charge on any atom is 0.150 e. The van der Waals surface area contributed by atoms with Crippen molar-refractivity contribution < 1.29 is 0 Å². The summed E-state index contributed by atoms with van der Waals surface area (Å²) in [7, 11) is 2.09. The zero-order valence-electron chi connectivity index (χ0n) is 15.2. The van der Waals surface area contributed by atoms with Gasteiger partial charge in [-0.25, -0.2) is 9.67 Å². The van der Waals surface area contributed by atoms with Crippen molar-refractivity contribution in [3.8, 4) is 6.07 Å². The number of benzene rings is 1. The second-order valence-electron chi connectivity index (χ2n) is 6.81. The third-order valence-electron chi connectivity index (χ3n) is 4.70. The molecule has 0 spiro atoms. The molecule has 5 nitrogen and oxygen atoms in total. The lowest BCUT2D eigenvalue weighted by Gasteiger charge is -2.23. The van der Waals surface area contributed by atoms with E-state index in [4.69, 9.17) is 5.26 Å². The number of allylic oxidation sites excluding steroid dienone is 2. The number of anilines is 1. The van der Waals surface area contributed by atoms with Gasteiger partial charge in [-0.05, 0) is 24.6 Å². The molecule has 5 heteroatoms. The van der Waals surface area contributed by atoms with Crippen molar-refractivity contribution in [2.75, 3.05) is 11.9 Å². The molecule has 1 aromatic heterocycles. The fourth-order valence-corrected chi connectivity index (χ4v) is 3.44. The lowest BCUT2D eigenvalue weighted by atomic mass is 9.84. The molecule has 1 aromatic carbocycles. The summed E-state index contributed by atoms with van der Waals surface area (Å²) in [5.41, 5.74) is 4.61. The van der Waals surface area contributed by atoms with Gasteiger partial charge in [-0.15, -0.1) is 0 Å². The summed E-state index contributed by atoms with van der Waals surface area (Å²) in [6.07, 6.45) is 4.32. The molecule has 128 valence electrons. The SMILES string of the molecule is Cc1cc(N=C/C=C2/N(C)c3ccccc3C2(C)C)n(CCC#N)n1. The predicted octanol–water partition coefficient (Wildman–Crippen LogP) is 4.12. The van der Waals surface area contributed by atoms with E-state index >= 15 is 0 Å². The average Bonchev–Trinajstić information content (AvgIpc) is 3.03. The Morgan fingerprint density at radius 3 is 2.80 bits per heavy atom. The van der Waals surface area contributed by atoms with Gasteiger partial charge in [-0.3, -0.25) is 0 Å². The first-order valence-electron chi connectivity index (χ1n) is 8.44. The summed E-state index contributed by atoms with van der Waals surface area (Å²) < 4.78 is 1.78. The number of aromatic nitrogens is 2. The Bertz CT molecular complexity index is 880. The Kier molecular flexibility index (Phi) is 4.45. The number of aliphatic imine (C=N–C) groups is 1. The second-order valence-corrected chi connectivity index (χ2v) is 6.81. The molecule has 3 rings (SSSR count). The zero-order chi connectivity index (χ0) is 18.0. The summed E-state index contributed by atoms with van der Waals surface area (Å²) in [6, 6.07) is 12.6. The van der Waals surface area contributed by atoms with Crippen LogP contribution in [0.2, 0.25) is 0 Å². The van der Waals surface area contributed by atoms with Crippen molar-refractivity contribution in [3.63, 3.8) is 0 Å². The number of aryl methyl sites for hydroxylation is 2. The maximum absolute atomic E-state index is 8.77. The van der Waals surface area contributed by atoms with Gasteiger partial charge in [0.05, 0.1) is 24.7 Å². The Balaban J connectivity index is 1.88. The van der Waals surface area contributed by atoms with Crippen LogP contribution in [-0.2, 0) is 12.0 Å². The third kappa shape index (κ3) is 3.08. The highest BCUT2D eigenvalue weighted by molar-refractivity contribution is 5.80. The Hall–Kier alpha value is -2.87. The molecule has 0 atom stereocenters. The molecule has 0 amide bonds. The normalized spacial score (nSPS) is 17.2. The molecule has 0 bridgehead atoms. The molecule has 0 aliphatic carbocycles. The van der Waals surface area contributed by atoms with Crippen LogP contribution >= 0.6 is 0 Å². The topological polar surface area (TPSA) is 57.2 Å². The predicted molar refractivity (Wildman–Crippen MR) is 101 cm³/mol. The number of para-hydroxylation sites is 1. The molecule has 0 fully saturated rings. The molecule has 0 saturated heterocycles. The summed E-state index contributed by atoms with van der Waals surface area (Å²) in [5, 5.41) is 13.2. The van der Waals surface area contributed by atoms with Gasteiger partial charge in [0, 0.05) is 36.1 Å². The Morgan fingerprint density at radius 1 is 1.32 bits per heavy atom. The standard InChI is InChI=1S/C20H23N5/c1-15-14-19(25(23-15)13-7-11-21)22-12-10-18-20(2,3)16-8-5-6-9-17(16)24(18)4/h5-6,8-10,12,14H,7,13H2,1-4H3/b18-10+,22-12?. The summed E-state index contributed by atoms with van der Waals surface area (Å²) in [5.74, 6) is 0.778. The lowest BCUT2D eigenvalue weighted by molar-refractivity contribution is 0.626. The first kappa shape index (κ1) is 17.0. The minimum Gasteiger partial charge on any atom is -0.347 e. The van der Waals surface area contributed by atoms with Crippen molar-refractivity contribution in [1.29, 1.82) is 5.26 Å². The van der Waals surface area contributed by atoms with Crippen LogP contribution in [0.25, 0.3) is 0 Å². The highest BCUT2D eigenvalue weighted by Crippen LogP contribution is 2.46. The summed E-state index contributed by atoms with van der Waals surface area (Å²) in [4.78, 5) is 6.79. The number of hydrogen-bond donors (Lipinski definition) is 0. The van der Waals surface area contributed by atoms with E-state index in [0.717, 1.165) is 11.5 Å². The van der Waals surface area contributed by atoms with Gasteiger partial charge >= 0.3 is 0 Å². The molecule has 0 radical (unpaired) electrons. The minimum atomic E-state index is -0.0612. The quantitative estimate of drug-likeness (QED) is 0.791. The molecule has 0 saturated carbocycles. The van der Waals surface area contributed by atoms with E-state index in [-0.39, 0.29) is 5.41 Å². The molecule has 0 unspecified atom stereocenters. The van der Waals surface area contributed by atoms with E-state index in [9.17, 15) is 0 Å². The molecular weight excluding hydrogens is 310 g/mol. The van der Waals surface area contributed by atoms with Crippen molar-refractivity contribution in [2.24, 2.45) is 4.99 Å². The van der Waals surface area contributed by atoms with E-state index in [0.29, 0.717) is 13.0 Å². The summed E-state index contributed by atoms with van der Waals surface area (Å²) in [6.45, 7) is 6.96. The monoisotopic (exact) mass is 333 g/mol. The van der Waals surface area contributed by atoms with Crippen LogP contribution in [0.3, 0.4) is 0 Å². The molecule has 2 aromatic rings. The lowest BCUT2D eigenvalue weighted by Crippen LogP contribution is -2.23. The number of nitrogens with zero attached hydrogens (tertiary/aromatic N) is 5. The molecule has 1 aliphatic heterocycles. The van der Waals surface area contributed by atoms with E-state index in [1.165, 1.54) is 16.9 Å². The first-order chi connectivity index (χ1) is 11.9. The fraction of sp³-hybridized carbons (Fsp3) is 0.350. The van der Waals surface area contributed by atoms with Crippen LogP contribution in [0, 0.1) is 18.3 Å². The number of nitriles is 1. The summed E-state index contributed by atoms with van der Waals surface area (Å²) >= 11 is 0. The maximum atomic E-state index is 8.77. The largest absolute Gasteiger partial charge is 0.347 e. The highest BCUT2D eigenvalue weighted by Gasteiger charge is 2.37. The Labute approximate surface area is 148 Å². The first-order valence-corrected chi connectivity index (χ1v) is 8.44. The molecule has 1 aliphatic rings. The smallest absolute Gasteiger partial charge is 0.150 e. The van der Waals surface area contributed by atoms with Gasteiger partial charge in [0.1, 0.15) is 0 Å². The molecular formula is C20H23N5. The van der Waals surface area contributed by atoms with Crippen LogP contribution < -0.4 is 4.90 Å². The van der Waals surface area contributed by atoms with Crippen molar-refractivity contribution >= 4 is 17.7 Å². The third-order valence-corrected chi connectivity index (χ3v) is 4.70. The fourth-order valence-electron chi connectivity index (χ4n) is 3.44. The van der Waals surface area contributed by atoms with Crippen LogP contribution in [0.5, 0.6) is 0 Å². The number of hydrogen-bond acceptors (Lipinski definition) is 4. The average molecular weight is 333 g/mol. The van der Waals surface area contributed by atoms with Crippen LogP contribution in [0.4, 0.5) is 11.5 Å². The minimum absolute atomic E-state index is 0.0612. The Morgan fingerprint density at radius 2 is 2.08 bits per heavy atom. The number of rotatable bonds is 4. The van der Waals surface area contributed by atoms with Gasteiger partial charge in [-0.1, -0.05) is 32.0 Å². The van der Waals surface area contributed by atoms with E-state index in [1.807, 2.05) is 19.2 Å². The zero-order valence-corrected chi connectivity index (χ0v) is 15.2. The number of fused-ring (bicyclic) bond motifs is 1. The molecule has 0 N–H and O–H groups in total. The van der Waals surface area contributed by atoms with Crippen molar-refractivity contribution in [3.05, 3.63) is 53.4 Å². The van der Waals surface area contributed by atoms with E-state index < -0.39 is 0 Å². The van der Waals surface area contributed by atoms with Crippen LogP contribution in [0.1, 0.15) is 31.5 Å². The van der Waals surface area contributed by atoms with E-state index in [2.05, 4.69) is 72.3 Å². The van der Waals surface area contributed by atoms with Gasteiger partial charge in [0.2, 0.25) is 0 Å². The van der Waals surface area contributed by atoms with Gasteiger partial charge < -0.3 is 4.90 Å². The number of likely N-dealkylation sites (N-methyl/N-ethyl adjacent to an activating group) is 1. The van der Waals surface area contributed by atoms with Gasteiger partial charge in [-0.2, -0.15) is 10.4 Å². The highest BCUT2D eigenvalue weighted by atomic mass is 15.3. The van der Waals surface area contributed by atoms with Crippen LogP contribution in [0.15, 0.2) is 47.1 Å².